The van der Waals surface area contributed by atoms with E-state index in [1.807, 2.05) is 0 Å². The Hall–Kier alpha value is -2.07. The maximum Gasteiger partial charge on any atom is 0.321 e. The molecule has 0 aliphatic rings. The van der Waals surface area contributed by atoms with Crippen molar-refractivity contribution in [1.29, 1.82) is 0 Å². The molecular formula is C16H16ClO4-. The zero-order valence-electron chi connectivity index (χ0n) is 11.7. The van der Waals surface area contributed by atoms with Gasteiger partial charge in [-0.15, -0.1) is 17.4 Å². The lowest BCUT2D eigenvalue weighted by Gasteiger charge is -2.17. The van der Waals surface area contributed by atoms with Crippen LogP contribution in [-0.4, -0.2) is 24.2 Å². The van der Waals surface area contributed by atoms with E-state index in [1.54, 1.807) is 37.3 Å². The van der Waals surface area contributed by atoms with Gasteiger partial charge in [-0.3, -0.25) is 9.59 Å². The minimum Gasteiger partial charge on any atom is -0.872 e. The number of rotatable bonds is 7. The quantitative estimate of drug-likeness (QED) is 0.254. The molecule has 0 bridgehead atoms. The highest BCUT2D eigenvalue weighted by molar-refractivity contribution is 6.30. The molecule has 112 valence electrons. The van der Waals surface area contributed by atoms with Crippen molar-refractivity contribution in [3.63, 3.8) is 0 Å². The molecule has 1 atom stereocenters. The minimum absolute atomic E-state index is 0.0768. The predicted octanol–water partition coefficient (Wildman–Crippen LogP) is 1.93. The molecule has 0 aliphatic heterocycles. The molecule has 21 heavy (non-hydrogen) atoms. The van der Waals surface area contributed by atoms with Crippen LogP contribution in [-0.2, 0) is 14.3 Å². The summed E-state index contributed by atoms with van der Waals surface area (Å²) in [4.78, 5) is 23.6. The molecule has 0 aromatic heterocycles. The molecule has 0 amide bonds. The van der Waals surface area contributed by atoms with Crippen LogP contribution in [0.1, 0.15) is 12.5 Å². The van der Waals surface area contributed by atoms with Crippen LogP contribution in [0, 0.1) is 5.92 Å². The van der Waals surface area contributed by atoms with E-state index in [-0.39, 0.29) is 23.8 Å². The van der Waals surface area contributed by atoms with Gasteiger partial charge in [0.15, 0.2) is 5.78 Å². The number of ketones is 1. The highest BCUT2D eigenvalue weighted by Gasteiger charge is 2.28. The molecule has 1 aromatic rings. The highest BCUT2D eigenvalue weighted by Crippen LogP contribution is 2.19. The summed E-state index contributed by atoms with van der Waals surface area (Å²) in [5.74, 6) is -3.22. The van der Waals surface area contributed by atoms with Crippen LogP contribution in [0.5, 0.6) is 0 Å². The normalized spacial score (nSPS) is 12.6. The minimum atomic E-state index is -1.24. The monoisotopic (exact) mass is 307 g/mol. The van der Waals surface area contributed by atoms with Crippen molar-refractivity contribution in [2.45, 2.75) is 6.92 Å². The van der Waals surface area contributed by atoms with Gasteiger partial charge in [0, 0.05) is 0 Å². The third kappa shape index (κ3) is 4.76. The molecule has 0 saturated heterocycles. The van der Waals surface area contributed by atoms with E-state index in [1.165, 1.54) is 6.08 Å². The summed E-state index contributed by atoms with van der Waals surface area (Å²) in [5, 5.41) is 12.0. The second-order valence-corrected chi connectivity index (χ2v) is 4.50. The molecule has 0 fully saturated rings. The van der Waals surface area contributed by atoms with Crippen LogP contribution in [0.4, 0.5) is 0 Å². The smallest absolute Gasteiger partial charge is 0.321 e. The van der Waals surface area contributed by atoms with Crippen molar-refractivity contribution in [2.75, 3.05) is 12.5 Å². The van der Waals surface area contributed by atoms with E-state index < -0.39 is 17.7 Å². The lowest BCUT2D eigenvalue weighted by molar-refractivity contribution is -0.243. The zero-order chi connectivity index (χ0) is 15.8. The number of hydrogen-bond acceptors (Lipinski definition) is 4. The van der Waals surface area contributed by atoms with Crippen molar-refractivity contribution < 1.29 is 19.4 Å². The first kappa shape index (κ1) is 17.0. The standard InChI is InChI=1S/C16H17ClO4/c1-3-21-16(20)15(14(19)10-17)11(2)9-13(18)12-7-5-4-6-8-12/h4-9,15,18H,2-3,10H2,1H3/p-1/b13-9+. The summed E-state index contributed by atoms with van der Waals surface area (Å²) in [6.07, 6.45) is 1.17. The van der Waals surface area contributed by atoms with E-state index in [0.29, 0.717) is 5.56 Å². The Morgan fingerprint density at radius 3 is 2.52 bits per heavy atom. The molecule has 0 heterocycles. The summed E-state index contributed by atoms with van der Waals surface area (Å²) in [7, 11) is 0. The van der Waals surface area contributed by atoms with Crippen molar-refractivity contribution >= 4 is 29.1 Å². The molecule has 5 heteroatoms. The third-order valence-corrected chi connectivity index (χ3v) is 2.98. The zero-order valence-corrected chi connectivity index (χ0v) is 12.4. The topological polar surface area (TPSA) is 66.4 Å². The first-order valence-corrected chi connectivity index (χ1v) is 6.93. The molecule has 0 aliphatic carbocycles. The van der Waals surface area contributed by atoms with Gasteiger partial charge in [0.2, 0.25) is 0 Å². The fourth-order valence-corrected chi connectivity index (χ4v) is 1.88. The molecule has 1 unspecified atom stereocenters. The van der Waals surface area contributed by atoms with E-state index >= 15 is 0 Å². The number of alkyl halides is 1. The molecule has 0 saturated carbocycles. The molecule has 0 radical (unpaired) electrons. The van der Waals surface area contributed by atoms with Crippen molar-refractivity contribution in [2.24, 2.45) is 5.92 Å². The fraction of sp³-hybridized carbons (Fsp3) is 0.250. The van der Waals surface area contributed by atoms with E-state index in [9.17, 15) is 14.7 Å². The van der Waals surface area contributed by atoms with Crippen molar-refractivity contribution in [1.82, 2.24) is 0 Å². The van der Waals surface area contributed by atoms with Gasteiger partial charge in [-0.05, 0) is 18.1 Å². The average molecular weight is 308 g/mol. The van der Waals surface area contributed by atoms with Crippen molar-refractivity contribution in [3.05, 3.63) is 54.1 Å². The van der Waals surface area contributed by atoms with Crippen LogP contribution in [0.15, 0.2) is 48.6 Å². The SMILES string of the molecule is C=C(/C=C(/[O-])c1ccccc1)C(C(=O)CCl)C(=O)OCC. The van der Waals surface area contributed by atoms with E-state index in [2.05, 4.69) is 6.58 Å². The Morgan fingerprint density at radius 2 is 2.00 bits per heavy atom. The molecule has 0 spiro atoms. The Morgan fingerprint density at radius 1 is 1.38 bits per heavy atom. The Bertz CT molecular complexity index is 549. The number of allylic oxidation sites excluding steroid dienone is 1. The van der Waals surface area contributed by atoms with Gasteiger partial charge in [-0.1, -0.05) is 43.0 Å². The van der Waals surface area contributed by atoms with Crippen LogP contribution < -0.4 is 5.11 Å². The van der Waals surface area contributed by atoms with Crippen molar-refractivity contribution in [3.8, 4) is 0 Å². The summed E-state index contributed by atoms with van der Waals surface area (Å²) < 4.78 is 4.82. The van der Waals surface area contributed by atoms with Crippen LogP contribution >= 0.6 is 11.6 Å². The predicted molar refractivity (Wildman–Crippen MR) is 79.4 cm³/mol. The molecule has 1 rings (SSSR count). The molecule has 1 aromatic carbocycles. The third-order valence-electron chi connectivity index (χ3n) is 2.72. The number of carbonyl (C=O) groups is 2. The number of ether oxygens (including phenoxy) is 1. The second kappa shape index (κ2) is 8.27. The van der Waals surface area contributed by atoms with Crippen LogP contribution in [0.2, 0.25) is 0 Å². The summed E-state index contributed by atoms with van der Waals surface area (Å²) in [5.41, 5.74) is 0.521. The van der Waals surface area contributed by atoms with Gasteiger partial charge >= 0.3 is 5.97 Å². The second-order valence-electron chi connectivity index (χ2n) is 4.23. The van der Waals surface area contributed by atoms with Gasteiger partial charge < -0.3 is 9.84 Å². The molecule has 0 N–H and O–H groups in total. The number of Topliss-reactive ketones (excluding diaryl/α,β-unsaturated/α-hetero) is 1. The van der Waals surface area contributed by atoms with Gasteiger partial charge in [-0.2, -0.15) is 0 Å². The number of carbonyl (C=O) groups excluding carboxylic acids is 2. The lowest BCUT2D eigenvalue weighted by atomic mass is 9.95. The summed E-state index contributed by atoms with van der Waals surface area (Å²) in [6, 6.07) is 8.49. The maximum atomic E-state index is 12.0. The summed E-state index contributed by atoms with van der Waals surface area (Å²) in [6.45, 7) is 5.39. The van der Waals surface area contributed by atoms with Gasteiger partial charge in [0.1, 0.15) is 5.92 Å². The number of benzene rings is 1. The maximum absolute atomic E-state index is 12.0. The van der Waals surface area contributed by atoms with Gasteiger partial charge in [0.25, 0.3) is 0 Å². The largest absolute Gasteiger partial charge is 0.872 e. The molecule has 4 nitrogen and oxygen atoms in total. The van der Waals surface area contributed by atoms with Crippen LogP contribution in [0.25, 0.3) is 5.76 Å². The first-order chi connectivity index (χ1) is 10.0. The number of hydrogen-bond donors (Lipinski definition) is 0. The lowest BCUT2D eigenvalue weighted by Crippen LogP contribution is -2.28. The number of esters is 1. The molecular weight excluding hydrogens is 292 g/mol. The van der Waals surface area contributed by atoms with E-state index in [4.69, 9.17) is 16.3 Å². The summed E-state index contributed by atoms with van der Waals surface area (Å²) >= 11 is 5.49. The fourth-order valence-electron chi connectivity index (χ4n) is 1.73. The average Bonchev–Trinajstić information content (AvgIpc) is 2.48. The Balaban J connectivity index is 3.01. The Kier molecular flexibility index (Phi) is 6.69. The van der Waals surface area contributed by atoms with Crippen LogP contribution in [0.3, 0.4) is 0 Å². The number of halogens is 1. The highest BCUT2D eigenvalue weighted by atomic mass is 35.5. The Labute approximate surface area is 128 Å². The van der Waals surface area contributed by atoms with Gasteiger partial charge in [0.05, 0.1) is 12.5 Å². The van der Waals surface area contributed by atoms with E-state index in [0.717, 1.165) is 0 Å². The first-order valence-electron chi connectivity index (χ1n) is 6.39. The van der Waals surface area contributed by atoms with Gasteiger partial charge in [-0.25, -0.2) is 0 Å².